The lowest BCUT2D eigenvalue weighted by molar-refractivity contribution is 0.0917. The molecule has 0 saturated carbocycles. The Labute approximate surface area is 181 Å². The smallest absolute Gasteiger partial charge is 0.261 e. The van der Waals surface area contributed by atoms with Crippen LogP contribution in [0, 0.1) is 13.8 Å². The Balaban J connectivity index is 1.79. The molecular weight excluding hydrogens is 460 g/mol. The molecule has 4 rings (SSSR count). The van der Waals surface area contributed by atoms with Gasteiger partial charge in [0, 0.05) is 11.1 Å². The Hall–Kier alpha value is -1.47. The van der Waals surface area contributed by atoms with E-state index in [-0.39, 0.29) is 12.0 Å². The van der Waals surface area contributed by atoms with E-state index in [0.717, 1.165) is 45.3 Å². The van der Waals surface area contributed by atoms with Gasteiger partial charge in [-0.15, -0.1) is 0 Å². The van der Waals surface area contributed by atoms with Gasteiger partial charge in [-0.05, 0) is 56.0 Å². The second-order valence-electron chi connectivity index (χ2n) is 7.05. The first kappa shape index (κ1) is 19.8. The fraction of sp³-hybridized carbons (Fsp3) is 0.333. The van der Waals surface area contributed by atoms with Crippen LogP contribution in [0.4, 0.5) is 5.13 Å². The van der Waals surface area contributed by atoms with Crippen molar-refractivity contribution in [3.63, 3.8) is 0 Å². The third-order valence-corrected chi connectivity index (χ3v) is 7.01. The first-order valence-electron chi connectivity index (χ1n) is 9.19. The van der Waals surface area contributed by atoms with Gasteiger partial charge in [-0.1, -0.05) is 51.0 Å². The highest BCUT2D eigenvalue weighted by Gasteiger charge is 2.28. The number of benzene rings is 2. The number of carbonyl (C=O) groups excluding carboxylic acids is 1. The summed E-state index contributed by atoms with van der Waals surface area (Å²) >= 11 is 11.3. The quantitative estimate of drug-likeness (QED) is 0.450. The second-order valence-corrected chi connectivity index (χ2v) is 9.35. The van der Waals surface area contributed by atoms with Gasteiger partial charge in [-0.25, -0.2) is 4.98 Å². The van der Waals surface area contributed by atoms with Crippen molar-refractivity contribution in [3.05, 3.63) is 56.5 Å². The largest absolute Gasteiger partial charge is 0.376 e. The molecule has 1 aliphatic rings. The fourth-order valence-electron chi connectivity index (χ4n) is 3.41. The summed E-state index contributed by atoms with van der Waals surface area (Å²) in [6.45, 7) is 5.33. The molecule has 2 heterocycles. The molecule has 4 nitrogen and oxygen atoms in total. The molecule has 0 bridgehead atoms. The number of halogens is 2. The van der Waals surface area contributed by atoms with E-state index in [1.165, 1.54) is 0 Å². The lowest BCUT2D eigenvalue weighted by Crippen LogP contribution is -2.37. The number of anilines is 1. The molecule has 1 atom stereocenters. The number of thiazole rings is 1. The SMILES string of the molecule is Cc1ccc(C)c2sc(N(CC3CCCO3)C(=O)c3cc(Br)ccc3Cl)nc12. The van der Waals surface area contributed by atoms with Crippen molar-refractivity contribution in [2.24, 2.45) is 0 Å². The number of hydrogen-bond donors (Lipinski definition) is 0. The predicted molar refractivity (Wildman–Crippen MR) is 119 cm³/mol. The molecule has 1 fully saturated rings. The summed E-state index contributed by atoms with van der Waals surface area (Å²) in [6, 6.07) is 9.48. The van der Waals surface area contributed by atoms with Crippen LogP contribution in [0.1, 0.15) is 34.3 Å². The summed E-state index contributed by atoms with van der Waals surface area (Å²) in [5.41, 5.74) is 3.68. The summed E-state index contributed by atoms with van der Waals surface area (Å²) in [5.74, 6) is -0.156. The van der Waals surface area contributed by atoms with E-state index >= 15 is 0 Å². The van der Waals surface area contributed by atoms with Crippen molar-refractivity contribution in [3.8, 4) is 0 Å². The van der Waals surface area contributed by atoms with Crippen molar-refractivity contribution in [2.75, 3.05) is 18.1 Å². The molecule has 3 aromatic rings. The summed E-state index contributed by atoms with van der Waals surface area (Å²) in [4.78, 5) is 20.0. The van der Waals surface area contributed by atoms with Crippen LogP contribution in [-0.4, -0.2) is 30.1 Å². The minimum Gasteiger partial charge on any atom is -0.376 e. The molecule has 7 heteroatoms. The number of amides is 1. The highest BCUT2D eigenvalue weighted by atomic mass is 79.9. The van der Waals surface area contributed by atoms with Gasteiger partial charge in [0.05, 0.1) is 33.5 Å². The molecule has 1 aromatic heterocycles. The zero-order valence-electron chi connectivity index (χ0n) is 15.7. The van der Waals surface area contributed by atoms with Gasteiger partial charge in [0.2, 0.25) is 0 Å². The lowest BCUT2D eigenvalue weighted by Gasteiger charge is -2.23. The van der Waals surface area contributed by atoms with Crippen LogP contribution in [0.5, 0.6) is 0 Å². The van der Waals surface area contributed by atoms with Crippen molar-refractivity contribution in [1.82, 2.24) is 4.98 Å². The monoisotopic (exact) mass is 478 g/mol. The van der Waals surface area contributed by atoms with Crippen LogP contribution < -0.4 is 4.90 Å². The Morgan fingerprint density at radius 3 is 2.82 bits per heavy atom. The van der Waals surface area contributed by atoms with Gasteiger partial charge in [-0.3, -0.25) is 9.69 Å². The second kappa shape index (κ2) is 8.11. The summed E-state index contributed by atoms with van der Waals surface area (Å²) in [7, 11) is 0. The molecule has 1 amide bonds. The van der Waals surface area contributed by atoms with Crippen LogP contribution in [0.25, 0.3) is 10.2 Å². The molecule has 1 saturated heterocycles. The van der Waals surface area contributed by atoms with Gasteiger partial charge in [-0.2, -0.15) is 0 Å². The molecular formula is C21H20BrClN2O2S. The number of ether oxygens (including phenoxy) is 1. The van der Waals surface area contributed by atoms with E-state index in [1.807, 2.05) is 13.0 Å². The van der Waals surface area contributed by atoms with E-state index in [4.69, 9.17) is 21.3 Å². The molecule has 0 aliphatic carbocycles. The first-order valence-corrected chi connectivity index (χ1v) is 11.2. The van der Waals surface area contributed by atoms with Gasteiger partial charge >= 0.3 is 0 Å². The number of aryl methyl sites for hydroxylation is 2. The number of carbonyl (C=O) groups is 1. The molecule has 146 valence electrons. The summed E-state index contributed by atoms with van der Waals surface area (Å²) in [5, 5.41) is 1.11. The molecule has 0 radical (unpaired) electrons. The van der Waals surface area contributed by atoms with Crippen molar-refractivity contribution in [2.45, 2.75) is 32.8 Å². The zero-order chi connectivity index (χ0) is 19.8. The first-order chi connectivity index (χ1) is 13.4. The van der Waals surface area contributed by atoms with E-state index in [2.05, 4.69) is 35.0 Å². The Kier molecular flexibility index (Phi) is 5.74. The molecule has 28 heavy (non-hydrogen) atoms. The maximum atomic E-state index is 13.5. The van der Waals surface area contributed by atoms with Crippen molar-refractivity contribution in [1.29, 1.82) is 0 Å². The number of aromatic nitrogens is 1. The average Bonchev–Trinajstić information content (AvgIpc) is 3.34. The molecule has 1 aliphatic heterocycles. The normalized spacial score (nSPS) is 16.6. The Morgan fingerprint density at radius 2 is 2.11 bits per heavy atom. The van der Waals surface area contributed by atoms with Crippen LogP contribution in [0.15, 0.2) is 34.8 Å². The Morgan fingerprint density at radius 1 is 1.32 bits per heavy atom. The van der Waals surface area contributed by atoms with Gasteiger partial charge in [0.1, 0.15) is 0 Å². The Bertz CT molecular complexity index is 1010. The van der Waals surface area contributed by atoms with E-state index in [0.29, 0.717) is 22.3 Å². The maximum absolute atomic E-state index is 13.5. The van der Waals surface area contributed by atoms with Crippen molar-refractivity contribution < 1.29 is 9.53 Å². The standard InChI is InChI=1S/C21H20BrClN2O2S/c1-12-5-6-13(2)19-18(12)24-21(28-19)25(11-15-4-3-9-27-15)20(26)16-10-14(22)7-8-17(16)23/h5-8,10,15H,3-4,9,11H2,1-2H3. The zero-order valence-corrected chi connectivity index (χ0v) is 18.8. The fourth-order valence-corrected chi connectivity index (χ4v) is 5.09. The van der Waals surface area contributed by atoms with Crippen LogP contribution in [-0.2, 0) is 4.74 Å². The van der Waals surface area contributed by atoms with Gasteiger partial charge < -0.3 is 4.74 Å². The summed E-state index contributed by atoms with van der Waals surface area (Å²) in [6.07, 6.45) is 1.98. The topological polar surface area (TPSA) is 42.4 Å². The van der Waals surface area contributed by atoms with Crippen LogP contribution >= 0.6 is 38.9 Å². The third kappa shape index (κ3) is 3.83. The highest BCUT2D eigenvalue weighted by Crippen LogP contribution is 2.35. The van der Waals surface area contributed by atoms with E-state index in [1.54, 1.807) is 28.4 Å². The lowest BCUT2D eigenvalue weighted by atomic mass is 10.1. The van der Waals surface area contributed by atoms with Crippen LogP contribution in [0.2, 0.25) is 5.02 Å². The minimum absolute atomic E-state index is 0.0177. The molecule has 2 aromatic carbocycles. The summed E-state index contributed by atoms with van der Waals surface area (Å²) < 4.78 is 7.73. The van der Waals surface area contributed by atoms with Crippen LogP contribution in [0.3, 0.4) is 0 Å². The molecule has 0 spiro atoms. The van der Waals surface area contributed by atoms with E-state index < -0.39 is 0 Å². The number of hydrogen-bond acceptors (Lipinski definition) is 4. The number of nitrogens with zero attached hydrogens (tertiary/aromatic N) is 2. The predicted octanol–water partition coefficient (Wildman–Crippen LogP) is 6.15. The van der Waals surface area contributed by atoms with Gasteiger partial charge in [0.25, 0.3) is 5.91 Å². The third-order valence-electron chi connectivity index (χ3n) is 4.98. The van der Waals surface area contributed by atoms with Crippen molar-refractivity contribution >= 4 is 60.1 Å². The minimum atomic E-state index is -0.156. The number of rotatable bonds is 4. The van der Waals surface area contributed by atoms with Gasteiger partial charge in [0.15, 0.2) is 5.13 Å². The maximum Gasteiger partial charge on any atom is 0.261 e. The highest BCUT2D eigenvalue weighted by molar-refractivity contribution is 9.10. The van der Waals surface area contributed by atoms with E-state index in [9.17, 15) is 4.79 Å². The molecule has 0 N–H and O–H groups in total. The molecule has 1 unspecified atom stereocenters. The average molecular weight is 480 g/mol. The number of fused-ring (bicyclic) bond motifs is 1.